The van der Waals surface area contributed by atoms with Gasteiger partial charge >= 0.3 is 0 Å². The lowest BCUT2D eigenvalue weighted by Crippen LogP contribution is -2.55. The number of fused-ring (bicyclic) bond motifs is 6. The molecule has 0 spiro atoms. The highest BCUT2D eigenvalue weighted by molar-refractivity contribution is 5.99. The van der Waals surface area contributed by atoms with Crippen LogP contribution in [0.4, 0.5) is 17.6 Å². The zero-order valence-electron chi connectivity index (χ0n) is 19.5. The van der Waals surface area contributed by atoms with E-state index < -0.39 is 59.0 Å². The number of pyridine rings is 1. The summed E-state index contributed by atoms with van der Waals surface area (Å²) in [6, 6.07) is 0.189. The molecule has 4 atom stereocenters. The van der Waals surface area contributed by atoms with Crippen LogP contribution in [-0.4, -0.2) is 46.1 Å². The number of halogens is 4. The fourth-order valence-electron chi connectivity index (χ4n) is 5.56. The van der Waals surface area contributed by atoms with Gasteiger partial charge in [-0.25, -0.2) is 17.6 Å². The number of ether oxygens (including phenoxy) is 1. The first-order valence-electron chi connectivity index (χ1n) is 12.0. The Labute approximate surface area is 204 Å². The number of nitrogens with zero attached hydrogens (tertiary/aromatic N) is 2. The van der Waals surface area contributed by atoms with E-state index in [9.17, 15) is 31.9 Å². The first kappa shape index (κ1) is 24.3. The van der Waals surface area contributed by atoms with E-state index in [0.717, 1.165) is 6.42 Å². The van der Waals surface area contributed by atoms with Gasteiger partial charge in [0.2, 0.25) is 5.43 Å². The summed E-state index contributed by atoms with van der Waals surface area (Å²) in [6.07, 6.45) is 2.38. The molecule has 1 aromatic heterocycles. The number of nitrogens with one attached hydrogen (secondary N) is 1. The molecule has 36 heavy (non-hydrogen) atoms. The van der Waals surface area contributed by atoms with Crippen molar-refractivity contribution >= 4 is 11.8 Å². The van der Waals surface area contributed by atoms with E-state index in [0.29, 0.717) is 31.4 Å². The third kappa shape index (κ3) is 3.94. The monoisotopic (exact) mass is 507 g/mol. The second-order valence-electron chi connectivity index (χ2n) is 9.53. The van der Waals surface area contributed by atoms with E-state index in [1.165, 1.54) is 15.7 Å². The fourth-order valence-corrected chi connectivity index (χ4v) is 5.56. The van der Waals surface area contributed by atoms with Crippen LogP contribution in [0.5, 0.6) is 5.75 Å². The number of piperidine rings is 1. The summed E-state index contributed by atoms with van der Waals surface area (Å²) in [4.78, 5) is 41.2. The molecule has 1 aromatic carbocycles. The average Bonchev–Trinajstić information content (AvgIpc) is 3.37. The number of hydrogen-bond acceptors (Lipinski definition) is 4. The predicted octanol–water partition coefficient (Wildman–Crippen LogP) is 3.33. The zero-order valence-corrected chi connectivity index (χ0v) is 19.5. The highest BCUT2D eigenvalue weighted by Crippen LogP contribution is 2.47. The van der Waals surface area contributed by atoms with E-state index in [1.807, 2.05) is 6.92 Å². The standard InChI is InChI=1S/C25H25F4N3O4/c1-2-3-4-36-23-21-25(35)32-19-6-12(5-18(19)29)20(32)11-31(21)10-15(22(23)33)24(34)30-9-14-16(27)7-13(26)8-17(14)28/h7-8,10,12,18-20H,2-6,9,11H2,1H3,(H,30,34)/t12-,18-,19-,20+/m1/s1. The van der Waals surface area contributed by atoms with E-state index in [2.05, 4.69) is 5.32 Å². The predicted molar refractivity (Wildman–Crippen MR) is 120 cm³/mol. The minimum atomic E-state index is -1.17. The van der Waals surface area contributed by atoms with Gasteiger partial charge in [-0.3, -0.25) is 14.4 Å². The van der Waals surface area contributed by atoms with Crippen LogP contribution in [0.15, 0.2) is 23.1 Å². The molecule has 1 saturated heterocycles. The highest BCUT2D eigenvalue weighted by Gasteiger charge is 2.56. The van der Waals surface area contributed by atoms with Gasteiger partial charge in [0.25, 0.3) is 11.8 Å². The Balaban J connectivity index is 1.49. The maximum Gasteiger partial charge on any atom is 0.275 e. The Morgan fingerprint density at radius 3 is 2.56 bits per heavy atom. The first-order valence-corrected chi connectivity index (χ1v) is 12.0. The van der Waals surface area contributed by atoms with Crippen LogP contribution >= 0.6 is 0 Å². The molecule has 3 aliphatic rings. The van der Waals surface area contributed by atoms with Crippen LogP contribution in [0.25, 0.3) is 0 Å². The lowest BCUT2D eigenvalue weighted by atomic mass is 9.95. The minimum absolute atomic E-state index is 0.0207. The SMILES string of the molecule is CCCCOc1c2n(cc(C(=O)NCc3c(F)cc(F)cc3F)c1=O)C[C@H]1[C@@H]3C[C@@H](F)[C@@H](C3)N1C2=O. The molecule has 192 valence electrons. The molecule has 2 aromatic rings. The Morgan fingerprint density at radius 2 is 1.86 bits per heavy atom. The summed E-state index contributed by atoms with van der Waals surface area (Å²) >= 11 is 0. The molecule has 2 amide bonds. The molecule has 2 fully saturated rings. The van der Waals surface area contributed by atoms with Crippen LogP contribution in [0.1, 0.15) is 59.0 Å². The van der Waals surface area contributed by atoms with Gasteiger partial charge in [-0.1, -0.05) is 13.3 Å². The highest BCUT2D eigenvalue weighted by atomic mass is 19.1. The molecule has 2 aliphatic heterocycles. The number of carbonyl (C=O) groups is 2. The van der Waals surface area contributed by atoms with Gasteiger partial charge < -0.3 is 19.5 Å². The maximum absolute atomic E-state index is 14.4. The molecule has 2 bridgehead atoms. The smallest absolute Gasteiger partial charge is 0.275 e. The van der Waals surface area contributed by atoms with Crippen molar-refractivity contribution in [1.29, 1.82) is 0 Å². The van der Waals surface area contributed by atoms with Gasteiger partial charge in [0, 0.05) is 37.0 Å². The number of benzene rings is 1. The normalized spacial score (nSPS) is 24.0. The van der Waals surface area contributed by atoms with E-state index in [-0.39, 0.29) is 42.1 Å². The largest absolute Gasteiger partial charge is 0.487 e. The first-order chi connectivity index (χ1) is 17.2. The maximum atomic E-state index is 14.4. The van der Waals surface area contributed by atoms with Crippen molar-refractivity contribution in [2.75, 3.05) is 6.61 Å². The van der Waals surface area contributed by atoms with Crippen molar-refractivity contribution in [1.82, 2.24) is 14.8 Å². The molecule has 3 heterocycles. The van der Waals surface area contributed by atoms with Gasteiger partial charge in [-0.15, -0.1) is 0 Å². The molecule has 11 heteroatoms. The van der Waals surface area contributed by atoms with Gasteiger partial charge in [0.15, 0.2) is 11.4 Å². The van der Waals surface area contributed by atoms with Crippen LogP contribution in [0.2, 0.25) is 0 Å². The van der Waals surface area contributed by atoms with E-state index >= 15 is 0 Å². The molecule has 7 nitrogen and oxygen atoms in total. The van der Waals surface area contributed by atoms with Crippen LogP contribution < -0.4 is 15.5 Å². The number of rotatable bonds is 7. The fraction of sp³-hybridized carbons (Fsp3) is 0.480. The molecule has 1 saturated carbocycles. The van der Waals surface area contributed by atoms with Crippen molar-refractivity contribution < 1.29 is 31.9 Å². The number of aromatic nitrogens is 1. The molecule has 1 aliphatic carbocycles. The van der Waals surface area contributed by atoms with Crippen LogP contribution in [-0.2, 0) is 13.1 Å². The number of unbranched alkanes of at least 4 members (excludes halogenated alkanes) is 1. The van der Waals surface area contributed by atoms with Gasteiger partial charge in [-0.2, -0.15) is 0 Å². The van der Waals surface area contributed by atoms with Crippen molar-refractivity contribution in [2.24, 2.45) is 5.92 Å². The third-order valence-electron chi connectivity index (χ3n) is 7.33. The lowest BCUT2D eigenvalue weighted by Gasteiger charge is -2.41. The average molecular weight is 507 g/mol. The molecule has 0 radical (unpaired) electrons. The number of carbonyl (C=O) groups excluding carboxylic acids is 2. The lowest BCUT2D eigenvalue weighted by molar-refractivity contribution is 0.0313. The molecular formula is C25H25F4N3O4. The van der Waals surface area contributed by atoms with E-state index in [4.69, 9.17) is 4.74 Å². The third-order valence-corrected chi connectivity index (χ3v) is 7.33. The van der Waals surface area contributed by atoms with Gasteiger partial charge in [0.05, 0.1) is 18.7 Å². The Bertz CT molecular complexity index is 1270. The molecule has 1 N–H and O–H groups in total. The zero-order chi connectivity index (χ0) is 25.7. The van der Waals surface area contributed by atoms with Crippen LogP contribution in [0.3, 0.4) is 0 Å². The Hall–Kier alpha value is -3.37. The topological polar surface area (TPSA) is 80.6 Å². The number of alkyl halides is 1. The minimum Gasteiger partial charge on any atom is -0.487 e. The number of amides is 2. The Kier molecular flexibility index (Phi) is 6.25. The van der Waals surface area contributed by atoms with Gasteiger partial charge in [-0.05, 0) is 25.2 Å². The van der Waals surface area contributed by atoms with E-state index in [1.54, 1.807) is 0 Å². The van der Waals surface area contributed by atoms with Gasteiger partial charge in [0.1, 0.15) is 29.2 Å². The molecule has 0 unspecified atom stereocenters. The van der Waals surface area contributed by atoms with Crippen molar-refractivity contribution in [3.8, 4) is 5.75 Å². The summed E-state index contributed by atoms with van der Waals surface area (Å²) in [7, 11) is 0. The van der Waals surface area contributed by atoms with Crippen molar-refractivity contribution in [2.45, 2.75) is 64.0 Å². The summed E-state index contributed by atoms with van der Waals surface area (Å²) in [5.74, 6) is -5.19. The summed E-state index contributed by atoms with van der Waals surface area (Å²) in [5.41, 5.74) is -1.79. The Morgan fingerprint density at radius 1 is 1.14 bits per heavy atom. The molecular weight excluding hydrogens is 482 g/mol. The second-order valence-corrected chi connectivity index (χ2v) is 9.53. The van der Waals surface area contributed by atoms with Crippen molar-refractivity contribution in [3.63, 3.8) is 0 Å². The molecule has 5 rings (SSSR count). The second kappa shape index (κ2) is 9.25. The van der Waals surface area contributed by atoms with Crippen molar-refractivity contribution in [3.05, 3.63) is 62.8 Å². The summed E-state index contributed by atoms with van der Waals surface area (Å²) in [6.45, 7) is 1.69. The summed E-state index contributed by atoms with van der Waals surface area (Å²) < 4.78 is 62.8. The summed E-state index contributed by atoms with van der Waals surface area (Å²) in [5, 5.41) is 2.29. The number of hydrogen-bond donors (Lipinski definition) is 1. The quantitative estimate of drug-likeness (QED) is 0.461. The van der Waals surface area contributed by atoms with Crippen LogP contribution in [0, 0.1) is 23.4 Å².